The van der Waals surface area contributed by atoms with Gasteiger partial charge in [-0.3, -0.25) is 9.69 Å². The Morgan fingerprint density at radius 2 is 1.79 bits per heavy atom. The molecule has 5 heteroatoms. The first-order valence-electron chi connectivity index (χ1n) is 4.65. The van der Waals surface area contributed by atoms with Crippen molar-refractivity contribution in [2.75, 3.05) is 19.6 Å². The van der Waals surface area contributed by atoms with Crippen molar-refractivity contribution in [3.05, 3.63) is 0 Å². The summed E-state index contributed by atoms with van der Waals surface area (Å²) in [6.07, 6.45) is -1.50. The lowest BCUT2D eigenvalue weighted by Crippen LogP contribution is -2.38. The van der Waals surface area contributed by atoms with Crippen molar-refractivity contribution in [3.8, 4) is 0 Å². The monoisotopic (exact) mass is 203 g/mol. The summed E-state index contributed by atoms with van der Waals surface area (Å²) < 4.78 is 0. The number of carbonyl (C=O) groups is 1. The van der Waals surface area contributed by atoms with E-state index >= 15 is 0 Å². The zero-order valence-corrected chi connectivity index (χ0v) is 8.47. The molecule has 0 amide bonds. The molecule has 2 atom stereocenters. The molecule has 1 aliphatic heterocycles. The largest absolute Gasteiger partial charge is 0.481 e. The second-order valence-corrected chi connectivity index (χ2v) is 4.52. The van der Waals surface area contributed by atoms with Gasteiger partial charge in [0.25, 0.3) is 0 Å². The van der Waals surface area contributed by atoms with E-state index in [-0.39, 0.29) is 0 Å². The summed E-state index contributed by atoms with van der Waals surface area (Å²) >= 11 is 0. The van der Waals surface area contributed by atoms with Gasteiger partial charge in [-0.25, -0.2) is 0 Å². The smallest absolute Gasteiger partial charge is 0.310 e. The molecule has 1 fully saturated rings. The highest BCUT2D eigenvalue weighted by Crippen LogP contribution is 2.20. The molecule has 82 valence electrons. The number of aliphatic carboxylic acids is 1. The first-order chi connectivity index (χ1) is 6.33. The Hall–Kier alpha value is -0.650. The number of aliphatic hydroxyl groups excluding tert-OH is 2. The standard InChI is InChI=1S/C9H17NO4/c1-9(2,8(13)14)5-10-3-6(11)7(12)4-10/h6-7,11-12H,3-5H2,1-2H3,(H,13,14)/t6-,7+. The Morgan fingerprint density at radius 3 is 2.14 bits per heavy atom. The van der Waals surface area contributed by atoms with E-state index in [1.165, 1.54) is 0 Å². The molecular formula is C9H17NO4. The second kappa shape index (κ2) is 3.84. The molecule has 5 nitrogen and oxygen atoms in total. The summed E-state index contributed by atoms with van der Waals surface area (Å²) in [5.74, 6) is -0.867. The fraction of sp³-hybridized carbons (Fsp3) is 0.889. The highest BCUT2D eigenvalue weighted by molar-refractivity contribution is 5.73. The molecule has 3 N–H and O–H groups in total. The highest BCUT2D eigenvalue weighted by atomic mass is 16.4. The van der Waals surface area contributed by atoms with Gasteiger partial charge >= 0.3 is 5.97 Å². The number of hydrogen-bond acceptors (Lipinski definition) is 4. The topological polar surface area (TPSA) is 81.0 Å². The van der Waals surface area contributed by atoms with Gasteiger partial charge in [0.1, 0.15) is 0 Å². The van der Waals surface area contributed by atoms with Crippen LogP contribution in [-0.4, -0.2) is 58.0 Å². The molecule has 1 rings (SSSR count). The van der Waals surface area contributed by atoms with Crippen LogP contribution in [-0.2, 0) is 4.79 Å². The summed E-state index contributed by atoms with van der Waals surface area (Å²) in [5.41, 5.74) is -0.843. The quantitative estimate of drug-likeness (QED) is 0.556. The number of carboxylic acid groups (broad SMARTS) is 1. The van der Waals surface area contributed by atoms with Crippen molar-refractivity contribution in [3.63, 3.8) is 0 Å². The van der Waals surface area contributed by atoms with Gasteiger partial charge in [-0.2, -0.15) is 0 Å². The van der Waals surface area contributed by atoms with E-state index < -0.39 is 23.6 Å². The summed E-state index contributed by atoms with van der Waals surface area (Å²) in [4.78, 5) is 12.6. The van der Waals surface area contributed by atoms with Crippen molar-refractivity contribution in [2.45, 2.75) is 26.1 Å². The van der Waals surface area contributed by atoms with E-state index in [0.29, 0.717) is 19.6 Å². The molecule has 1 saturated heterocycles. The first-order valence-corrected chi connectivity index (χ1v) is 4.65. The van der Waals surface area contributed by atoms with Crippen LogP contribution in [0.1, 0.15) is 13.8 Å². The van der Waals surface area contributed by atoms with Gasteiger partial charge in [0.15, 0.2) is 0 Å². The van der Waals surface area contributed by atoms with Crippen LogP contribution in [0.25, 0.3) is 0 Å². The Bertz CT molecular complexity index is 219. The molecule has 0 aromatic carbocycles. The van der Waals surface area contributed by atoms with Crippen molar-refractivity contribution in [1.82, 2.24) is 4.90 Å². The molecule has 0 spiro atoms. The van der Waals surface area contributed by atoms with Crippen LogP contribution in [0.5, 0.6) is 0 Å². The zero-order chi connectivity index (χ0) is 10.9. The molecule has 0 aromatic rings. The van der Waals surface area contributed by atoms with Crippen molar-refractivity contribution in [1.29, 1.82) is 0 Å². The van der Waals surface area contributed by atoms with Crippen LogP contribution in [0.2, 0.25) is 0 Å². The van der Waals surface area contributed by atoms with Crippen LogP contribution in [0.15, 0.2) is 0 Å². The predicted molar refractivity (Wildman–Crippen MR) is 49.9 cm³/mol. The van der Waals surface area contributed by atoms with Gasteiger partial charge < -0.3 is 15.3 Å². The Balaban J connectivity index is 2.50. The van der Waals surface area contributed by atoms with Crippen molar-refractivity contribution < 1.29 is 20.1 Å². The number of aliphatic hydroxyl groups is 2. The molecule has 0 radical (unpaired) electrons. The molecular weight excluding hydrogens is 186 g/mol. The Labute approximate surface area is 83.0 Å². The minimum atomic E-state index is -0.867. The van der Waals surface area contributed by atoms with Gasteiger partial charge in [-0.15, -0.1) is 0 Å². The van der Waals surface area contributed by atoms with E-state index in [9.17, 15) is 15.0 Å². The lowest BCUT2D eigenvalue weighted by Gasteiger charge is -2.25. The Kier molecular flexibility index (Phi) is 3.14. The van der Waals surface area contributed by atoms with E-state index in [1.807, 2.05) is 0 Å². The number of hydrogen-bond donors (Lipinski definition) is 3. The molecule has 0 aliphatic carbocycles. The fourth-order valence-electron chi connectivity index (χ4n) is 1.60. The lowest BCUT2D eigenvalue weighted by molar-refractivity contribution is -0.147. The van der Waals surface area contributed by atoms with Gasteiger partial charge in [0.2, 0.25) is 0 Å². The first kappa shape index (κ1) is 11.4. The summed E-state index contributed by atoms with van der Waals surface area (Å²) in [6.45, 7) is 4.30. The summed E-state index contributed by atoms with van der Waals surface area (Å²) in [5, 5.41) is 27.4. The second-order valence-electron chi connectivity index (χ2n) is 4.52. The van der Waals surface area contributed by atoms with Crippen molar-refractivity contribution >= 4 is 5.97 Å². The van der Waals surface area contributed by atoms with Crippen LogP contribution in [0.3, 0.4) is 0 Å². The van der Waals surface area contributed by atoms with Gasteiger partial charge in [-0.05, 0) is 13.8 Å². The molecule has 1 heterocycles. The molecule has 0 saturated carbocycles. The average molecular weight is 203 g/mol. The van der Waals surface area contributed by atoms with Gasteiger partial charge in [0.05, 0.1) is 17.6 Å². The lowest BCUT2D eigenvalue weighted by atomic mass is 9.93. The summed E-state index contributed by atoms with van der Waals surface area (Å²) in [6, 6.07) is 0. The van der Waals surface area contributed by atoms with Crippen LogP contribution in [0.4, 0.5) is 0 Å². The molecule has 0 bridgehead atoms. The van der Waals surface area contributed by atoms with E-state index in [0.717, 1.165) is 0 Å². The molecule has 14 heavy (non-hydrogen) atoms. The van der Waals surface area contributed by atoms with Gasteiger partial charge in [0, 0.05) is 19.6 Å². The summed E-state index contributed by atoms with van der Waals surface area (Å²) in [7, 11) is 0. The normalized spacial score (nSPS) is 29.4. The number of β-amino-alcohol motifs (C(OH)–C–C–N with tert-alkyl or cyclic N) is 2. The fourth-order valence-corrected chi connectivity index (χ4v) is 1.60. The number of rotatable bonds is 3. The number of likely N-dealkylation sites (tertiary alicyclic amines) is 1. The average Bonchev–Trinajstić information content (AvgIpc) is 2.29. The zero-order valence-electron chi connectivity index (χ0n) is 8.47. The highest BCUT2D eigenvalue weighted by Gasteiger charge is 2.36. The molecule has 0 unspecified atom stereocenters. The van der Waals surface area contributed by atoms with Crippen molar-refractivity contribution in [2.24, 2.45) is 5.41 Å². The predicted octanol–water partition coefficient (Wildman–Crippen LogP) is -0.865. The third-order valence-electron chi connectivity index (χ3n) is 2.53. The third-order valence-corrected chi connectivity index (χ3v) is 2.53. The molecule has 1 aliphatic rings. The van der Waals surface area contributed by atoms with Crippen LogP contribution in [0, 0.1) is 5.41 Å². The minimum absolute atomic E-state index is 0.344. The Morgan fingerprint density at radius 1 is 1.36 bits per heavy atom. The maximum absolute atomic E-state index is 10.8. The SMILES string of the molecule is CC(C)(CN1C[C@@H](O)[C@@H](O)C1)C(=O)O. The minimum Gasteiger partial charge on any atom is -0.481 e. The maximum atomic E-state index is 10.8. The van der Waals surface area contributed by atoms with Crippen LogP contribution >= 0.6 is 0 Å². The van der Waals surface area contributed by atoms with E-state index in [4.69, 9.17) is 5.11 Å². The number of carboxylic acids is 1. The number of nitrogens with zero attached hydrogens (tertiary/aromatic N) is 1. The third kappa shape index (κ3) is 2.43. The maximum Gasteiger partial charge on any atom is 0.310 e. The van der Waals surface area contributed by atoms with E-state index in [1.54, 1.807) is 18.7 Å². The molecule has 0 aromatic heterocycles. The van der Waals surface area contributed by atoms with Crippen LogP contribution < -0.4 is 0 Å². The van der Waals surface area contributed by atoms with Gasteiger partial charge in [-0.1, -0.05) is 0 Å². The van der Waals surface area contributed by atoms with E-state index in [2.05, 4.69) is 0 Å².